The van der Waals surface area contributed by atoms with E-state index in [0.717, 1.165) is 0 Å². The van der Waals surface area contributed by atoms with Crippen molar-refractivity contribution in [2.24, 2.45) is 11.8 Å². The molecule has 3 unspecified atom stereocenters. The van der Waals surface area contributed by atoms with Gasteiger partial charge in [-0.25, -0.2) is 4.79 Å². The number of hydrogen-bond donors (Lipinski definition) is 2. The lowest BCUT2D eigenvalue weighted by atomic mass is 9.94. The average molecular weight is 475 g/mol. The van der Waals surface area contributed by atoms with E-state index in [0.29, 0.717) is 28.9 Å². The second-order valence-electron chi connectivity index (χ2n) is 9.84. The molecule has 0 spiro atoms. The summed E-state index contributed by atoms with van der Waals surface area (Å²) in [7, 11) is 0. The first-order chi connectivity index (χ1) is 16.0. The zero-order valence-corrected chi connectivity index (χ0v) is 21.0. The van der Waals surface area contributed by atoms with Gasteiger partial charge in [-0.1, -0.05) is 38.2 Å². The van der Waals surface area contributed by atoms with E-state index in [1.54, 1.807) is 12.1 Å². The Hall–Kier alpha value is -2.19. The van der Waals surface area contributed by atoms with Gasteiger partial charge in [0.25, 0.3) is 0 Å². The standard InChI is InChI=1S/C27H38O7/c1-16-10-11-17(2)25-23(33-27(5,6)34-25)9-7-8-20-13-22(31-15-21(29)14-28)12-18(3)24(20)26(30)32-19(16)4/h7-8,10-13,16-17,19,21,23,25,28-29H,9,14-15H2,1-6H3/b8-7+,11-10-/t16-,17?,19+,21?,23+,25?/m1/s1. The third-order valence-electron chi connectivity index (χ3n) is 6.35. The molecule has 0 bridgehead atoms. The predicted molar refractivity (Wildman–Crippen MR) is 130 cm³/mol. The van der Waals surface area contributed by atoms with Crippen molar-refractivity contribution in [2.45, 2.75) is 78.2 Å². The summed E-state index contributed by atoms with van der Waals surface area (Å²) in [4.78, 5) is 13.2. The Bertz CT molecular complexity index is 920. The molecule has 2 aliphatic rings. The Kier molecular flexibility index (Phi) is 8.57. The number of aliphatic hydroxyl groups is 2. The minimum absolute atomic E-state index is 0.0185. The number of aliphatic hydroxyl groups excluding tert-OH is 2. The van der Waals surface area contributed by atoms with E-state index < -0.39 is 17.9 Å². The first-order valence-corrected chi connectivity index (χ1v) is 12.0. The summed E-state index contributed by atoms with van der Waals surface area (Å²) in [6.45, 7) is 11.3. The molecule has 34 heavy (non-hydrogen) atoms. The first kappa shape index (κ1) is 26.4. The number of carbonyl (C=O) groups is 1. The molecule has 188 valence electrons. The van der Waals surface area contributed by atoms with Crippen molar-refractivity contribution in [3.05, 3.63) is 47.1 Å². The normalized spacial score (nSPS) is 32.0. The molecule has 2 N–H and O–H groups in total. The molecule has 1 aromatic carbocycles. The Morgan fingerprint density at radius 3 is 2.56 bits per heavy atom. The molecule has 3 rings (SSSR count). The number of fused-ring (bicyclic) bond motifs is 2. The van der Waals surface area contributed by atoms with Crippen LogP contribution in [0.5, 0.6) is 5.75 Å². The smallest absolute Gasteiger partial charge is 0.339 e. The SMILES string of the molecule is Cc1cc(OCC(O)CO)cc2c1C(=O)O[C@@H](C)[C@H](C)/C=C\C(C)C1OC(C)(C)O[C@H]1C/C=C/2. The number of hydrogen-bond acceptors (Lipinski definition) is 7. The summed E-state index contributed by atoms with van der Waals surface area (Å²) in [6.07, 6.45) is 7.14. The van der Waals surface area contributed by atoms with Crippen molar-refractivity contribution in [1.82, 2.24) is 0 Å². The lowest BCUT2D eigenvalue weighted by Gasteiger charge is -2.23. The zero-order valence-electron chi connectivity index (χ0n) is 21.0. The number of cyclic esters (lactones) is 1. The Morgan fingerprint density at radius 2 is 1.85 bits per heavy atom. The maximum atomic E-state index is 13.2. The van der Waals surface area contributed by atoms with E-state index in [-0.39, 0.29) is 43.4 Å². The molecule has 2 aliphatic heterocycles. The topological polar surface area (TPSA) is 94.5 Å². The summed E-state index contributed by atoms with van der Waals surface area (Å²) in [5.74, 6) is -0.414. The summed E-state index contributed by atoms with van der Waals surface area (Å²) in [5, 5.41) is 18.7. The van der Waals surface area contributed by atoms with E-state index in [9.17, 15) is 9.90 Å². The molecular weight excluding hydrogens is 436 g/mol. The lowest BCUT2D eigenvalue weighted by molar-refractivity contribution is -0.148. The van der Waals surface area contributed by atoms with Crippen LogP contribution in [0.4, 0.5) is 0 Å². The summed E-state index contributed by atoms with van der Waals surface area (Å²) in [6, 6.07) is 3.49. The van der Waals surface area contributed by atoms with Crippen LogP contribution < -0.4 is 4.74 Å². The first-order valence-electron chi connectivity index (χ1n) is 12.0. The average Bonchev–Trinajstić information content (AvgIpc) is 3.08. The number of rotatable bonds is 4. The van der Waals surface area contributed by atoms with Crippen LogP contribution in [-0.4, -0.2) is 59.6 Å². The van der Waals surface area contributed by atoms with Crippen LogP contribution in [0.25, 0.3) is 6.08 Å². The number of ether oxygens (including phenoxy) is 4. The van der Waals surface area contributed by atoms with Gasteiger partial charge >= 0.3 is 5.97 Å². The Balaban J connectivity index is 1.99. The van der Waals surface area contributed by atoms with Gasteiger partial charge in [0.2, 0.25) is 0 Å². The maximum absolute atomic E-state index is 13.2. The molecule has 1 fully saturated rings. The van der Waals surface area contributed by atoms with Crippen LogP contribution in [0.2, 0.25) is 0 Å². The number of aryl methyl sites for hydroxylation is 1. The van der Waals surface area contributed by atoms with Gasteiger partial charge in [0.15, 0.2) is 5.79 Å². The minimum atomic E-state index is -0.980. The van der Waals surface area contributed by atoms with Gasteiger partial charge in [0.1, 0.15) is 24.6 Å². The van der Waals surface area contributed by atoms with E-state index in [4.69, 9.17) is 24.1 Å². The molecular formula is C27H38O7. The summed E-state index contributed by atoms with van der Waals surface area (Å²) in [5.41, 5.74) is 1.84. The lowest BCUT2D eigenvalue weighted by Crippen LogP contribution is -2.29. The molecule has 1 aromatic rings. The van der Waals surface area contributed by atoms with Crippen LogP contribution in [0, 0.1) is 18.8 Å². The molecule has 0 radical (unpaired) electrons. The Morgan fingerprint density at radius 1 is 1.15 bits per heavy atom. The molecule has 1 saturated heterocycles. The van der Waals surface area contributed by atoms with Crippen LogP contribution >= 0.6 is 0 Å². The molecule has 0 amide bonds. The largest absolute Gasteiger partial charge is 0.491 e. The summed E-state index contributed by atoms with van der Waals surface area (Å²) < 4.78 is 23.9. The highest BCUT2D eigenvalue weighted by molar-refractivity contribution is 5.95. The second-order valence-corrected chi connectivity index (χ2v) is 9.84. The highest BCUT2D eigenvalue weighted by atomic mass is 16.8. The molecule has 0 aromatic heterocycles. The molecule has 7 nitrogen and oxygen atoms in total. The van der Waals surface area contributed by atoms with Crippen LogP contribution in [0.1, 0.15) is 62.5 Å². The van der Waals surface area contributed by atoms with Crippen molar-refractivity contribution >= 4 is 12.0 Å². The fourth-order valence-electron chi connectivity index (χ4n) is 4.29. The molecule has 7 heteroatoms. The highest BCUT2D eigenvalue weighted by Gasteiger charge is 2.42. The molecule has 6 atom stereocenters. The molecule has 2 heterocycles. The van der Waals surface area contributed by atoms with Crippen molar-refractivity contribution in [3.63, 3.8) is 0 Å². The fraction of sp³-hybridized carbons (Fsp3) is 0.593. The molecule has 0 aliphatic carbocycles. The van der Waals surface area contributed by atoms with Crippen molar-refractivity contribution in [3.8, 4) is 5.75 Å². The van der Waals surface area contributed by atoms with Crippen molar-refractivity contribution in [2.75, 3.05) is 13.2 Å². The monoisotopic (exact) mass is 474 g/mol. The van der Waals surface area contributed by atoms with E-state index >= 15 is 0 Å². The van der Waals surface area contributed by atoms with Crippen molar-refractivity contribution < 1.29 is 34.0 Å². The number of benzene rings is 1. The van der Waals surface area contributed by atoms with Crippen LogP contribution in [0.3, 0.4) is 0 Å². The van der Waals surface area contributed by atoms with Gasteiger partial charge < -0.3 is 29.2 Å². The quantitative estimate of drug-likeness (QED) is 0.502. The third-order valence-corrected chi connectivity index (χ3v) is 6.35. The second kappa shape index (κ2) is 11.0. The van der Waals surface area contributed by atoms with Gasteiger partial charge in [-0.15, -0.1) is 0 Å². The third kappa shape index (κ3) is 6.48. The number of carbonyl (C=O) groups excluding carboxylic acids is 1. The summed E-state index contributed by atoms with van der Waals surface area (Å²) >= 11 is 0. The zero-order chi connectivity index (χ0) is 25.0. The fourth-order valence-corrected chi connectivity index (χ4v) is 4.29. The maximum Gasteiger partial charge on any atom is 0.339 e. The van der Waals surface area contributed by atoms with Gasteiger partial charge in [0.05, 0.1) is 24.4 Å². The van der Waals surface area contributed by atoms with Crippen molar-refractivity contribution in [1.29, 1.82) is 0 Å². The van der Waals surface area contributed by atoms with E-state index in [2.05, 4.69) is 19.1 Å². The number of esters is 1. The van der Waals surface area contributed by atoms with Gasteiger partial charge in [-0.05, 0) is 57.4 Å². The van der Waals surface area contributed by atoms with Gasteiger partial charge in [-0.3, -0.25) is 0 Å². The molecule has 0 saturated carbocycles. The van der Waals surface area contributed by atoms with Gasteiger partial charge in [0, 0.05) is 11.8 Å². The van der Waals surface area contributed by atoms with E-state index in [1.807, 2.05) is 46.8 Å². The van der Waals surface area contributed by atoms with Gasteiger partial charge in [-0.2, -0.15) is 0 Å². The minimum Gasteiger partial charge on any atom is -0.491 e. The highest BCUT2D eigenvalue weighted by Crippen LogP contribution is 2.35. The van der Waals surface area contributed by atoms with E-state index in [1.165, 1.54) is 0 Å². The Labute approximate surface area is 202 Å². The van der Waals surface area contributed by atoms with Crippen LogP contribution in [-0.2, 0) is 14.2 Å². The van der Waals surface area contributed by atoms with Crippen LogP contribution in [0.15, 0.2) is 30.4 Å². The predicted octanol–water partition coefficient (Wildman–Crippen LogP) is 4.04.